The van der Waals surface area contributed by atoms with E-state index < -0.39 is 17.6 Å². The second kappa shape index (κ2) is 10.2. The van der Waals surface area contributed by atoms with E-state index in [0.717, 1.165) is 35.9 Å². The van der Waals surface area contributed by atoms with E-state index >= 15 is 0 Å². The van der Waals surface area contributed by atoms with Crippen molar-refractivity contribution in [1.29, 1.82) is 0 Å². The Morgan fingerprint density at radius 3 is 2.59 bits per heavy atom. The van der Waals surface area contributed by atoms with Crippen molar-refractivity contribution >= 4 is 34.4 Å². The van der Waals surface area contributed by atoms with E-state index in [2.05, 4.69) is 10.3 Å². The quantitative estimate of drug-likeness (QED) is 0.260. The Hall–Kier alpha value is -3.91. The Labute approximate surface area is 219 Å². The SMILES string of the molecule is COc1ccccc1-c1cc(C(=O)NC2(OC(C)=O)CCCCC2)nn1-c1ccnc2cc(Cl)ccc12. The van der Waals surface area contributed by atoms with Gasteiger partial charge < -0.3 is 14.8 Å². The van der Waals surface area contributed by atoms with Crippen molar-refractivity contribution in [3.63, 3.8) is 0 Å². The summed E-state index contributed by atoms with van der Waals surface area (Å²) >= 11 is 6.20. The molecule has 2 aromatic heterocycles. The van der Waals surface area contributed by atoms with Crippen LogP contribution in [0.25, 0.3) is 27.8 Å². The number of hydrogen-bond donors (Lipinski definition) is 1. The van der Waals surface area contributed by atoms with E-state index in [0.29, 0.717) is 34.8 Å². The minimum atomic E-state index is -1.03. The maximum Gasteiger partial charge on any atom is 0.304 e. The van der Waals surface area contributed by atoms with E-state index in [4.69, 9.17) is 26.2 Å². The Balaban J connectivity index is 1.63. The first kappa shape index (κ1) is 24.8. The van der Waals surface area contributed by atoms with Gasteiger partial charge in [-0.25, -0.2) is 4.68 Å². The maximum absolute atomic E-state index is 13.6. The fourth-order valence-corrected chi connectivity index (χ4v) is 5.10. The number of halogens is 1. The average molecular weight is 519 g/mol. The van der Waals surface area contributed by atoms with Gasteiger partial charge in [-0.2, -0.15) is 5.10 Å². The van der Waals surface area contributed by atoms with Crippen molar-refractivity contribution in [2.24, 2.45) is 0 Å². The van der Waals surface area contributed by atoms with Crippen LogP contribution in [0.2, 0.25) is 5.02 Å². The topological polar surface area (TPSA) is 95.3 Å². The van der Waals surface area contributed by atoms with Gasteiger partial charge in [0.05, 0.1) is 24.0 Å². The first-order valence-electron chi connectivity index (χ1n) is 12.2. The summed E-state index contributed by atoms with van der Waals surface area (Å²) in [7, 11) is 1.60. The number of rotatable bonds is 6. The molecule has 0 bridgehead atoms. The van der Waals surface area contributed by atoms with Crippen LogP contribution in [-0.2, 0) is 9.53 Å². The third-order valence-electron chi connectivity index (χ3n) is 6.58. The fraction of sp³-hybridized carbons (Fsp3) is 0.286. The number of carbonyl (C=O) groups excluding carboxylic acids is 2. The highest BCUT2D eigenvalue weighted by Gasteiger charge is 2.37. The number of pyridine rings is 1. The van der Waals surface area contributed by atoms with Gasteiger partial charge in [0.2, 0.25) is 0 Å². The predicted molar refractivity (Wildman–Crippen MR) is 141 cm³/mol. The number of aromatic nitrogens is 3. The number of para-hydroxylation sites is 1. The van der Waals surface area contributed by atoms with Crippen LogP contribution in [0, 0.1) is 0 Å². The normalized spacial score (nSPS) is 14.8. The number of nitrogens with zero attached hydrogens (tertiary/aromatic N) is 3. The molecule has 1 N–H and O–H groups in total. The molecule has 2 heterocycles. The maximum atomic E-state index is 13.6. The summed E-state index contributed by atoms with van der Waals surface area (Å²) in [5.74, 6) is -0.204. The van der Waals surface area contributed by atoms with Gasteiger partial charge in [0, 0.05) is 41.9 Å². The van der Waals surface area contributed by atoms with Crippen LogP contribution in [0.3, 0.4) is 0 Å². The molecule has 0 spiro atoms. The molecule has 37 heavy (non-hydrogen) atoms. The Morgan fingerprint density at radius 2 is 1.84 bits per heavy atom. The number of fused-ring (bicyclic) bond motifs is 1. The summed E-state index contributed by atoms with van der Waals surface area (Å²) < 4.78 is 13.0. The minimum Gasteiger partial charge on any atom is -0.496 e. The monoisotopic (exact) mass is 518 g/mol. The van der Waals surface area contributed by atoms with Crippen molar-refractivity contribution in [3.05, 3.63) is 71.5 Å². The second-order valence-corrected chi connectivity index (χ2v) is 9.56. The van der Waals surface area contributed by atoms with Crippen molar-refractivity contribution < 1.29 is 19.1 Å². The molecule has 1 aliphatic carbocycles. The van der Waals surface area contributed by atoms with Crippen molar-refractivity contribution in [2.45, 2.75) is 44.8 Å². The highest BCUT2D eigenvalue weighted by Crippen LogP contribution is 2.35. The van der Waals surface area contributed by atoms with E-state index in [1.54, 1.807) is 36.2 Å². The molecule has 9 heteroatoms. The van der Waals surface area contributed by atoms with Gasteiger partial charge in [0.15, 0.2) is 11.4 Å². The van der Waals surface area contributed by atoms with E-state index in [9.17, 15) is 9.59 Å². The Morgan fingerprint density at radius 1 is 1.05 bits per heavy atom. The van der Waals surface area contributed by atoms with Crippen LogP contribution in [0.1, 0.15) is 49.5 Å². The molecule has 0 aliphatic heterocycles. The molecule has 5 rings (SSSR count). The molecule has 1 amide bonds. The first-order chi connectivity index (χ1) is 17.9. The van der Waals surface area contributed by atoms with Crippen molar-refractivity contribution in [1.82, 2.24) is 20.1 Å². The lowest BCUT2D eigenvalue weighted by molar-refractivity contribution is -0.163. The van der Waals surface area contributed by atoms with Crippen LogP contribution in [0.5, 0.6) is 5.75 Å². The zero-order valence-electron chi connectivity index (χ0n) is 20.7. The van der Waals surface area contributed by atoms with Gasteiger partial charge >= 0.3 is 5.97 Å². The Bertz CT molecular complexity index is 1480. The number of amides is 1. The summed E-state index contributed by atoms with van der Waals surface area (Å²) in [4.78, 5) is 29.9. The van der Waals surface area contributed by atoms with Gasteiger partial charge in [0.1, 0.15) is 5.75 Å². The van der Waals surface area contributed by atoms with Gasteiger partial charge in [0.25, 0.3) is 5.91 Å². The standard InChI is InChI=1S/C28H27ClN4O4/c1-18(34)37-28(13-6-3-7-14-28)31-27(35)23-17-25(21-8-4-5-9-26(21)36-2)33(32-23)24-12-15-30-22-16-19(29)10-11-20(22)24/h4-5,8-12,15-17H,3,6-7,13-14H2,1-2H3,(H,31,35). The molecule has 0 atom stereocenters. The molecule has 4 aromatic rings. The number of hydrogen-bond acceptors (Lipinski definition) is 6. The summed E-state index contributed by atoms with van der Waals surface area (Å²) in [6, 6.07) is 16.6. The lowest BCUT2D eigenvalue weighted by Crippen LogP contribution is -2.52. The predicted octanol–water partition coefficient (Wildman–Crippen LogP) is 5.70. The number of ether oxygens (including phenoxy) is 2. The molecular weight excluding hydrogens is 492 g/mol. The van der Waals surface area contributed by atoms with Crippen molar-refractivity contribution in [3.8, 4) is 22.7 Å². The molecule has 1 saturated carbocycles. The van der Waals surface area contributed by atoms with E-state index in [1.165, 1.54) is 6.92 Å². The Kier molecular flexibility index (Phi) is 6.84. The number of benzene rings is 2. The van der Waals surface area contributed by atoms with E-state index in [1.807, 2.05) is 36.4 Å². The van der Waals surface area contributed by atoms with Crippen LogP contribution >= 0.6 is 11.6 Å². The summed E-state index contributed by atoms with van der Waals surface area (Å²) in [5.41, 5.74) is 2.02. The van der Waals surface area contributed by atoms with Crippen LogP contribution in [0.15, 0.2) is 60.8 Å². The summed E-state index contributed by atoms with van der Waals surface area (Å²) in [6.45, 7) is 1.36. The number of nitrogens with one attached hydrogen (secondary N) is 1. The van der Waals surface area contributed by atoms with Gasteiger partial charge in [-0.05, 0) is 55.3 Å². The molecule has 0 unspecified atom stereocenters. The van der Waals surface area contributed by atoms with Gasteiger partial charge in [-0.3, -0.25) is 14.6 Å². The summed E-state index contributed by atoms with van der Waals surface area (Å²) in [5, 5.41) is 9.10. The molecule has 1 aliphatic rings. The molecule has 1 fully saturated rings. The van der Waals surface area contributed by atoms with Crippen LogP contribution < -0.4 is 10.1 Å². The molecule has 2 aromatic carbocycles. The smallest absolute Gasteiger partial charge is 0.304 e. The fourth-order valence-electron chi connectivity index (χ4n) is 4.94. The number of esters is 1. The molecule has 0 saturated heterocycles. The minimum absolute atomic E-state index is 0.192. The molecular formula is C28H27ClN4O4. The van der Waals surface area contributed by atoms with Crippen LogP contribution in [-0.4, -0.2) is 39.5 Å². The number of carbonyl (C=O) groups is 2. The van der Waals surface area contributed by atoms with Crippen LogP contribution in [0.4, 0.5) is 0 Å². The van der Waals surface area contributed by atoms with Gasteiger partial charge in [-0.15, -0.1) is 0 Å². The highest BCUT2D eigenvalue weighted by atomic mass is 35.5. The molecule has 0 radical (unpaired) electrons. The largest absolute Gasteiger partial charge is 0.496 e. The zero-order valence-corrected chi connectivity index (χ0v) is 21.4. The first-order valence-corrected chi connectivity index (χ1v) is 12.6. The van der Waals surface area contributed by atoms with Crippen molar-refractivity contribution in [2.75, 3.05) is 7.11 Å². The number of methoxy groups -OCH3 is 1. The third kappa shape index (κ3) is 5.02. The third-order valence-corrected chi connectivity index (χ3v) is 6.81. The van der Waals surface area contributed by atoms with Gasteiger partial charge in [-0.1, -0.05) is 30.2 Å². The average Bonchev–Trinajstić information content (AvgIpc) is 3.33. The lowest BCUT2D eigenvalue weighted by Gasteiger charge is -2.36. The second-order valence-electron chi connectivity index (χ2n) is 9.12. The molecule has 8 nitrogen and oxygen atoms in total. The van der Waals surface area contributed by atoms with E-state index in [-0.39, 0.29) is 5.69 Å². The molecule has 190 valence electrons. The highest BCUT2D eigenvalue weighted by molar-refractivity contribution is 6.31. The zero-order chi connectivity index (χ0) is 26.0. The summed E-state index contributed by atoms with van der Waals surface area (Å²) in [6.07, 6.45) is 5.56. The lowest BCUT2D eigenvalue weighted by atomic mass is 9.91.